The lowest BCUT2D eigenvalue weighted by Crippen LogP contribution is -2.37. The van der Waals surface area contributed by atoms with Crippen LogP contribution in [0.25, 0.3) is 0 Å². The maximum Gasteiger partial charge on any atom is 0.307 e. The van der Waals surface area contributed by atoms with Crippen molar-refractivity contribution in [3.8, 4) is 0 Å². The van der Waals surface area contributed by atoms with Crippen LogP contribution in [0.15, 0.2) is 24.3 Å². The fourth-order valence-electron chi connectivity index (χ4n) is 3.22. The third-order valence-corrected chi connectivity index (χ3v) is 4.87. The van der Waals surface area contributed by atoms with E-state index in [-0.39, 0.29) is 12.2 Å². The van der Waals surface area contributed by atoms with E-state index in [0.29, 0.717) is 6.42 Å². The monoisotopic (exact) mass is 363 g/mol. The zero-order valence-corrected chi connectivity index (χ0v) is 17.0. The van der Waals surface area contributed by atoms with Crippen LogP contribution in [0.5, 0.6) is 0 Å². The molecule has 0 saturated carbocycles. The Kier molecular flexibility index (Phi) is 15.3. The van der Waals surface area contributed by atoms with Crippen molar-refractivity contribution in [1.29, 1.82) is 0 Å². The summed E-state index contributed by atoms with van der Waals surface area (Å²) >= 11 is 0. The smallest absolute Gasteiger partial charge is 0.307 e. The van der Waals surface area contributed by atoms with Gasteiger partial charge in [-0.25, -0.2) is 0 Å². The Hall–Kier alpha value is -1.09. The van der Waals surface area contributed by atoms with Gasteiger partial charge in [0.1, 0.15) is 0 Å². The largest absolute Gasteiger partial charge is 0.447 e. The number of rotatable bonds is 15. The Bertz CT molecular complexity index is 384. The van der Waals surface area contributed by atoms with Crippen molar-refractivity contribution in [2.24, 2.45) is 0 Å². The van der Waals surface area contributed by atoms with E-state index in [9.17, 15) is 4.79 Å². The van der Waals surface area contributed by atoms with Crippen LogP contribution >= 0.6 is 0 Å². The zero-order chi connectivity index (χ0) is 18.7. The summed E-state index contributed by atoms with van der Waals surface area (Å²) in [7, 11) is 0. The molecule has 26 heavy (non-hydrogen) atoms. The van der Waals surface area contributed by atoms with Crippen molar-refractivity contribution in [2.45, 2.75) is 109 Å². The number of esters is 1. The van der Waals surface area contributed by atoms with Gasteiger partial charge in [0.05, 0.1) is 0 Å². The van der Waals surface area contributed by atoms with E-state index in [4.69, 9.17) is 4.74 Å². The van der Waals surface area contributed by atoms with Gasteiger partial charge in [0.25, 0.3) is 0 Å². The molecule has 1 aliphatic heterocycles. The second kappa shape index (κ2) is 17.3. The highest BCUT2D eigenvalue weighted by Crippen LogP contribution is 2.12. The Morgan fingerprint density at radius 1 is 0.923 bits per heavy atom. The van der Waals surface area contributed by atoms with Crippen LogP contribution in [0, 0.1) is 0 Å². The van der Waals surface area contributed by atoms with Gasteiger partial charge in [-0.1, -0.05) is 63.3 Å². The van der Waals surface area contributed by atoms with Gasteiger partial charge in [-0.05, 0) is 64.3 Å². The van der Waals surface area contributed by atoms with Crippen LogP contribution in [0.3, 0.4) is 0 Å². The molecule has 0 aromatic carbocycles. The summed E-state index contributed by atoms with van der Waals surface area (Å²) in [6, 6.07) is 0. The summed E-state index contributed by atoms with van der Waals surface area (Å²) in [6.45, 7) is 3.22. The van der Waals surface area contributed by atoms with Crippen LogP contribution in [-0.2, 0) is 9.53 Å². The van der Waals surface area contributed by atoms with E-state index < -0.39 is 0 Å². The van der Waals surface area contributed by atoms with Crippen molar-refractivity contribution in [3.63, 3.8) is 0 Å². The third kappa shape index (κ3) is 14.1. The standard InChI is InChI=1S/C23H41NO2/c1-2-3-4-5-6-7-8-9-10-11-12-13-14-15-16-20-23(25)26-22-19-17-18-21-24-22/h6-7,9-10,22,24H,2-5,8,11-21H2,1H3. The second-order valence-corrected chi connectivity index (χ2v) is 7.41. The maximum atomic E-state index is 11.8. The van der Waals surface area contributed by atoms with E-state index in [1.54, 1.807) is 0 Å². The number of carbonyl (C=O) groups excluding carboxylic acids is 1. The molecule has 1 rings (SSSR count). The lowest BCUT2D eigenvalue weighted by atomic mass is 10.1. The minimum Gasteiger partial charge on any atom is -0.447 e. The van der Waals surface area contributed by atoms with Crippen molar-refractivity contribution < 1.29 is 9.53 Å². The quantitative estimate of drug-likeness (QED) is 0.207. The maximum absolute atomic E-state index is 11.8. The number of hydrogen-bond donors (Lipinski definition) is 1. The molecule has 0 aromatic rings. The van der Waals surface area contributed by atoms with E-state index in [1.807, 2.05) is 0 Å². The molecule has 0 radical (unpaired) electrons. The van der Waals surface area contributed by atoms with Crippen molar-refractivity contribution in [1.82, 2.24) is 5.32 Å². The van der Waals surface area contributed by atoms with Crippen LogP contribution in [-0.4, -0.2) is 18.7 Å². The molecular weight excluding hydrogens is 322 g/mol. The predicted molar refractivity (Wildman–Crippen MR) is 111 cm³/mol. The molecule has 0 amide bonds. The predicted octanol–water partition coefficient (Wildman–Crippen LogP) is 6.44. The first-order valence-corrected chi connectivity index (χ1v) is 11.1. The van der Waals surface area contributed by atoms with Crippen LogP contribution in [0.1, 0.15) is 103 Å². The highest BCUT2D eigenvalue weighted by atomic mass is 16.6. The summed E-state index contributed by atoms with van der Waals surface area (Å²) < 4.78 is 5.45. The molecule has 1 fully saturated rings. The molecule has 3 heteroatoms. The summed E-state index contributed by atoms with van der Waals surface area (Å²) in [5.41, 5.74) is 0. The number of ether oxygens (including phenoxy) is 1. The zero-order valence-electron chi connectivity index (χ0n) is 17.0. The van der Waals surface area contributed by atoms with E-state index >= 15 is 0 Å². The van der Waals surface area contributed by atoms with E-state index in [2.05, 4.69) is 36.5 Å². The minimum absolute atomic E-state index is 0.0323. The average Bonchev–Trinajstić information content (AvgIpc) is 2.65. The van der Waals surface area contributed by atoms with E-state index in [1.165, 1.54) is 57.8 Å². The Morgan fingerprint density at radius 3 is 2.31 bits per heavy atom. The van der Waals surface area contributed by atoms with Gasteiger partial charge in [-0.2, -0.15) is 0 Å². The summed E-state index contributed by atoms with van der Waals surface area (Å²) in [5.74, 6) is -0.0323. The van der Waals surface area contributed by atoms with Gasteiger partial charge >= 0.3 is 5.97 Å². The van der Waals surface area contributed by atoms with Gasteiger partial charge in [-0.3, -0.25) is 10.1 Å². The fraction of sp³-hybridized carbons (Fsp3) is 0.783. The van der Waals surface area contributed by atoms with Crippen LogP contribution in [0.2, 0.25) is 0 Å². The minimum atomic E-state index is -0.0331. The molecule has 1 N–H and O–H groups in total. The van der Waals surface area contributed by atoms with Gasteiger partial charge < -0.3 is 4.74 Å². The Labute approximate surface area is 161 Å². The first kappa shape index (κ1) is 23.0. The van der Waals surface area contributed by atoms with Crippen molar-refractivity contribution >= 4 is 5.97 Å². The lowest BCUT2D eigenvalue weighted by molar-refractivity contribution is -0.152. The molecular formula is C23H41NO2. The molecule has 150 valence electrons. The first-order chi connectivity index (χ1) is 12.8. The first-order valence-electron chi connectivity index (χ1n) is 11.1. The SMILES string of the molecule is CCCCCC=CCC=CCCCCCCCC(=O)OC1CCCCN1. The van der Waals surface area contributed by atoms with Gasteiger partial charge in [-0.15, -0.1) is 0 Å². The highest BCUT2D eigenvalue weighted by molar-refractivity contribution is 5.69. The van der Waals surface area contributed by atoms with Crippen molar-refractivity contribution in [2.75, 3.05) is 6.54 Å². The molecule has 1 aliphatic rings. The third-order valence-electron chi connectivity index (χ3n) is 4.87. The normalized spacial score (nSPS) is 18.0. The molecule has 1 saturated heterocycles. The van der Waals surface area contributed by atoms with Crippen molar-refractivity contribution in [3.05, 3.63) is 24.3 Å². The van der Waals surface area contributed by atoms with Crippen LogP contribution in [0.4, 0.5) is 0 Å². The average molecular weight is 364 g/mol. The molecule has 0 aliphatic carbocycles. The van der Waals surface area contributed by atoms with Gasteiger partial charge in [0.2, 0.25) is 0 Å². The number of carbonyl (C=O) groups is 1. The van der Waals surface area contributed by atoms with E-state index in [0.717, 1.165) is 38.6 Å². The molecule has 0 aromatic heterocycles. The Morgan fingerprint density at radius 2 is 1.62 bits per heavy atom. The summed E-state index contributed by atoms with van der Waals surface area (Å²) in [4.78, 5) is 11.8. The second-order valence-electron chi connectivity index (χ2n) is 7.41. The number of unbranched alkanes of at least 4 members (excludes halogenated alkanes) is 8. The molecule has 3 nitrogen and oxygen atoms in total. The molecule has 0 bridgehead atoms. The fourth-order valence-corrected chi connectivity index (χ4v) is 3.22. The number of allylic oxidation sites excluding steroid dienone is 4. The van der Waals surface area contributed by atoms with Gasteiger partial charge in [0.15, 0.2) is 6.23 Å². The van der Waals surface area contributed by atoms with Gasteiger partial charge in [0, 0.05) is 6.42 Å². The number of nitrogens with one attached hydrogen (secondary N) is 1. The molecule has 1 atom stereocenters. The Balaban J connectivity index is 1.82. The molecule has 0 spiro atoms. The summed E-state index contributed by atoms with van der Waals surface area (Å²) in [5, 5.41) is 3.25. The number of hydrogen-bond acceptors (Lipinski definition) is 3. The lowest BCUT2D eigenvalue weighted by Gasteiger charge is -2.23. The summed E-state index contributed by atoms with van der Waals surface area (Å²) in [6.07, 6.45) is 26.3. The molecule has 1 unspecified atom stereocenters. The molecule has 1 heterocycles. The number of piperidine rings is 1. The topological polar surface area (TPSA) is 38.3 Å². The van der Waals surface area contributed by atoms with Crippen LogP contribution < -0.4 is 5.32 Å². The highest BCUT2D eigenvalue weighted by Gasteiger charge is 2.16.